The molecule has 3 rings (SSSR count). The molecule has 0 bridgehead atoms. The fourth-order valence-corrected chi connectivity index (χ4v) is 3.98. The smallest absolute Gasteiger partial charge is 0.387 e. The van der Waals surface area contributed by atoms with Gasteiger partial charge in [0.1, 0.15) is 0 Å². The van der Waals surface area contributed by atoms with Crippen molar-refractivity contribution < 1.29 is 18.3 Å². The summed E-state index contributed by atoms with van der Waals surface area (Å²) in [5, 5.41) is 3.38. The van der Waals surface area contributed by atoms with Gasteiger partial charge in [0.25, 0.3) is 0 Å². The van der Waals surface area contributed by atoms with Gasteiger partial charge in [-0.25, -0.2) is 0 Å². The molecule has 0 unspecified atom stereocenters. The zero-order valence-corrected chi connectivity index (χ0v) is 16.1. The predicted molar refractivity (Wildman–Crippen MR) is 102 cm³/mol. The summed E-state index contributed by atoms with van der Waals surface area (Å²) in [6.07, 6.45) is 5.92. The third-order valence-electron chi connectivity index (χ3n) is 5.59. The van der Waals surface area contributed by atoms with E-state index in [0.29, 0.717) is 24.1 Å². The van der Waals surface area contributed by atoms with Crippen molar-refractivity contribution in [3.8, 4) is 11.5 Å². The summed E-state index contributed by atoms with van der Waals surface area (Å²) in [6.45, 7) is 2.77. The lowest BCUT2D eigenvalue weighted by molar-refractivity contribution is -0.0512. The van der Waals surface area contributed by atoms with Crippen LogP contribution in [-0.4, -0.2) is 50.8 Å². The molecule has 2 fully saturated rings. The average Bonchev–Trinajstić information content (AvgIpc) is 3.07. The lowest BCUT2D eigenvalue weighted by atomic mass is 9.68. The molecule has 1 saturated heterocycles. The van der Waals surface area contributed by atoms with Crippen LogP contribution < -0.4 is 14.8 Å². The number of likely N-dealkylation sites (tertiary alicyclic amines) is 1. The Kier molecular flexibility index (Phi) is 6.39. The number of hydrogen-bond acceptors (Lipinski definition) is 3. The minimum Gasteiger partial charge on any atom is -0.493 e. The number of hydrogen-bond donors (Lipinski definition) is 1. The maximum absolute atomic E-state index is 12.6. The van der Waals surface area contributed by atoms with Crippen LogP contribution in [0.25, 0.3) is 0 Å². The molecular formula is C20H29F2N3O2. The van der Waals surface area contributed by atoms with E-state index >= 15 is 0 Å². The first kappa shape index (κ1) is 19.7. The number of ether oxygens (including phenoxy) is 2. The van der Waals surface area contributed by atoms with Gasteiger partial charge in [-0.1, -0.05) is 12.5 Å². The highest BCUT2D eigenvalue weighted by Gasteiger charge is 2.43. The van der Waals surface area contributed by atoms with Crippen molar-refractivity contribution in [2.45, 2.75) is 45.6 Å². The Morgan fingerprint density at radius 1 is 1.30 bits per heavy atom. The fraction of sp³-hybridized carbons (Fsp3) is 0.650. The van der Waals surface area contributed by atoms with Crippen LogP contribution in [-0.2, 0) is 6.42 Å². The SMILES string of the molecule is CCNC(=NCCc1ccc(OC)c(OC(F)F)c1)N1CCC2(CCC2)C1. The Labute approximate surface area is 159 Å². The number of benzene rings is 1. The van der Waals surface area contributed by atoms with Crippen molar-refractivity contribution in [3.63, 3.8) is 0 Å². The van der Waals surface area contributed by atoms with E-state index in [4.69, 9.17) is 9.73 Å². The van der Waals surface area contributed by atoms with Gasteiger partial charge < -0.3 is 19.7 Å². The molecule has 27 heavy (non-hydrogen) atoms. The van der Waals surface area contributed by atoms with Gasteiger partial charge in [-0.15, -0.1) is 0 Å². The molecule has 0 amide bonds. The van der Waals surface area contributed by atoms with Gasteiger partial charge in [-0.2, -0.15) is 8.78 Å². The van der Waals surface area contributed by atoms with Gasteiger partial charge in [0, 0.05) is 26.2 Å². The minimum atomic E-state index is -2.87. The van der Waals surface area contributed by atoms with E-state index in [1.807, 2.05) is 6.07 Å². The summed E-state index contributed by atoms with van der Waals surface area (Å²) in [7, 11) is 1.44. The summed E-state index contributed by atoms with van der Waals surface area (Å²) in [5.74, 6) is 1.32. The summed E-state index contributed by atoms with van der Waals surface area (Å²) in [4.78, 5) is 7.12. The monoisotopic (exact) mass is 381 g/mol. The molecule has 1 aliphatic heterocycles. The maximum Gasteiger partial charge on any atom is 0.387 e. The molecular weight excluding hydrogens is 352 g/mol. The van der Waals surface area contributed by atoms with E-state index in [0.717, 1.165) is 31.2 Å². The van der Waals surface area contributed by atoms with Crippen LogP contribution in [0.4, 0.5) is 8.78 Å². The van der Waals surface area contributed by atoms with E-state index in [9.17, 15) is 8.78 Å². The molecule has 1 saturated carbocycles. The van der Waals surface area contributed by atoms with Crippen LogP contribution in [0.5, 0.6) is 11.5 Å². The van der Waals surface area contributed by atoms with Crippen molar-refractivity contribution >= 4 is 5.96 Å². The zero-order valence-electron chi connectivity index (χ0n) is 16.1. The minimum absolute atomic E-state index is 0.0624. The second-order valence-electron chi connectivity index (χ2n) is 7.37. The lowest BCUT2D eigenvalue weighted by Gasteiger charge is -2.38. The van der Waals surface area contributed by atoms with Crippen molar-refractivity contribution in [1.29, 1.82) is 0 Å². The number of methoxy groups -OCH3 is 1. The molecule has 1 spiro atoms. The van der Waals surface area contributed by atoms with Crippen LogP contribution in [0.3, 0.4) is 0 Å². The molecule has 1 aromatic carbocycles. The molecule has 150 valence electrons. The highest BCUT2D eigenvalue weighted by atomic mass is 19.3. The highest BCUT2D eigenvalue weighted by molar-refractivity contribution is 5.80. The van der Waals surface area contributed by atoms with E-state index in [2.05, 4.69) is 21.9 Å². The van der Waals surface area contributed by atoms with Crippen molar-refractivity contribution in [3.05, 3.63) is 23.8 Å². The topological polar surface area (TPSA) is 46.1 Å². The Hall–Kier alpha value is -2.05. The van der Waals surface area contributed by atoms with Crippen LogP contribution in [0.1, 0.15) is 38.2 Å². The summed E-state index contributed by atoms with van der Waals surface area (Å²) in [5.41, 5.74) is 1.41. The second kappa shape index (κ2) is 8.76. The molecule has 7 heteroatoms. The Morgan fingerprint density at radius 3 is 2.70 bits per heavy atom. The fourth-order valence-electron chi connectivity index (χ4n) is 3.98. The van der Waals surface area contributed by atoms with Gasteiger partial charge in [0.2, 0.25) is 0 Å². The van der Waals surface area contributed by atoms with Gasteiger partial charge in [-0.3, -0.25) is 4.99 Å². The molecule has 1 aromatic rings. The molecule has 0 atom stereocenters. The number of aliphatic imine (C=N–C) groups is 1. The number of nitrogens with zero attached hydrogens (tertiary/aromatic N) is 2. The zero-order chi connectivity index (χ0) is 19.3. The normalized spacial score (nSPS) is 18.7. The third kappa shape index (κ3) is 4.82. The quantitative estimate of drug-likeness (QED) is 0.578. The number of halogens is 2. The summed E-state index contributed by atoms with van der Waals surface area (Å²) < 4.78 is 34.8. The first-order valence-corrected chi connectivity index (χ1v) is 9.70. The summed E-state index contributed by atoms with van der Waals surface area (Å²) in [6, 6.07) is 5.12. The molecule has 1 N–H and O–H groups in total. The number of guanidine groups is 1. The third-order valence-corrected chi connectivity index (χ3v) is 5.59. The Balaban J connectivity index is 1.62. The second-order valence-corrected chi connectivity index (χ2v) is 7.37. The van der Waals surface area contributed by atoms with Crippen molar-refractivity contribution in [1.82, 2.24) is 10.2 Å². The lowest BCUT2D eigenvalue weighted by Crippen LogP contribution is -2.42. The molecule has 2 aliphatic rings. The highest BCUT2D eigenvalue weighted by Crippen LogP contribution is 2.47. The Morgan fingerprint density at radius 2 is 2.11 bits per heavy atom. The number of nitrogens with one attached hydrogen (secondary N) is 1. The van der Waals surface area contributed by atoms with Gasteiger partial charge in [0.05, 0.1) is 7.11 Å². The molecule has 1 aliphatic carbocycles. The van der Waals surface area contributed by atoms with E-state index in [1.165, 1.54) is 32.8 Å². The average molecular weight is 381 g/mol. The van der Waals surface area contributed by atoms with Crippen LogP contribution in [0, 0.1) is 5.41 Å². The number of alkyl halides is 2. The Bertz CT molecular complexity index is 663. The molecule has 5 nitrogen and oxygen atoms in total. The van der Waals surface area contributed by atoms with Gasteiger partial charge in [-0.05, 0) is 55.7 Å². The first-order chi connectivity index (χ1) is 13.0. The maximum atomic E-state index is 12.6. The molecule has 0 aromatic heterocycles. The molecule has 1 heterocycles. The van der Waals surface area contributed by atoms with E-state index in [-0.39, 0.29) is 5.75 Å². The van der Waals surface area contributed by atoms with Crippen molar-refractivity contribution in [2.75, 3.05) is 33.3 Å². The van der Waals surface area contributed by atoms with Crippen LogP contribution in [0.15, 0.2) is 23.2 Å². The summed E-state index contributed by atoms with van der Waals surface area (Å²) >= 11 is 0. The van der Waals surface area contributed by atoms with Gasteiger partial charge in [0.15, 0.2) is 17.5 Å². The van der Waals surface area contributed by atoms with E-state index < -0.39 is 6.61 Å². The standard InChI is InChI=1S/C20H29F2N3O2/c1-3-23-19(25-12-10-20(14-25)8-4-9-20)24-11-7-15-5-6-16(26-2)17(13-15)27-18(21)22/h5-6,13,18H,3-4,7-12,14H2,1-2H3,(H,23,24). The van der Waals surface area contributed by atoms with Gasteiger partial charge >= 0.3 is 6.61 Å². The van der Waals surface area contributed by atoms with E-state index in [1.54, 1.807) is 12.1 Å². The van der Waals surface area contributed by atoms with Crippen LogP contribution >= 0.6 is 0 Å². The largest absolute Gasteiger partial charge is 0.493 e. The van der Waals surface area contributed by atoms with Crippen LogP contribution in [0.2, 0.25) is 0 Å². The molecule has 0 radical (unpaired) electrons. The van der Waals surface area contributed by atoms with Crippen molar-refractivity contribution in [2.24, 2.45) is 10.4 Å². The number of rotatable bonds is 7. The predicted octanol–water partition coefficient (Wildman–Crippen LogP) is 3.68. The first-order valence-electron chi connectivity index (χ1n) is 9.70.